The fraction of sp³-hybridized carbons (Fsp3) is 0.429. The average molecular weight is 396 g/mol. The Morgan fingerprint density at radius 2 is 2.03 bits per heavy atom. The van der Waals surface area contributed by atoms with Crippen LogP contribution >= 0.6 is 0 Å². The molecule has 1 aromatic carbocycles. The highest BCUT2D eigenvalue weighted by Gasteiger charge is 2.33. The van der Waals surface area contributed by atoms with E-state index in [0.717, 1.165) is 42.8 Å². The zero-order valence-electron chi connectivity index (χ0n) is 17.0. The van der Waals surface area contributed by atoms with Crippen LogP contribution in [0.2, 0.25) is 0 Å². The summed E-state index contributed by atoms with van der Waals surface area (Å²) in [4.78, 5) is 15.0. The quantitative estimate of drug-likeness (QED) is 0.664. The van der Waals surface area contributed by atoms with Crippen LogP contribution < -0.4 is 0 Å². The van der Waals surface area contributed by atoms with E-state index < -0.39 is 0 Å². The van der Waals surface area contributed by atoms with E-state index >= 15 is 0 Å². The molecule has 0 N–H and O–H groups in total. The highest BCUT2D eigenvalue weighted by molar-refractivity contribution is 5.83. The predicted molar refractivity (Wildman–Crippen MR) is 107 cm³/mol. The number of carbonyl (C=O) groups excluding carboxylic acids is 1. The van der Waals surface area contributed by atoms with Crippen LogP contribution in [0.25, 0.3) is 11.4 Å². The molecule has 1 amide bonds. The van der Waals surface area contributed by atoms with E-state index in [1.807, 2.05) is 36.3 Å². The van der Waals surface area contributed by atoms with Crippen LogP contribution in [0.1, 0.15) is 42.8 Å². The highest BCUT2D eigenvalue weighted by Crippen LogP contribution is 2.31. The topological polar surface area (TPSA) is 68.8 Å². The van der Waals surface area contributed by atoms with Crippen LogP contribution in [0.5, 0.6) is 0 Å². The Morgan fingerprint density at radius 3 is 2.72 bits per heavy atom. The van der Waals surface area contributed by atoms with Crippen molar-refractivity contribution < 1.29 is 9.18 Å². The molecule has 0 saturated heterocycles. The Hall–Kier alpha value is -3.03. The summed E-state index contributed by atoms with van der Waals surface area (Å²) in [6.07, 6.45) is 3.45. The van der Waals surface area contributed by atoms with Crippen molar-refractivity contribution in [3.8, 4) is 11.4 Å². The first-order chi connectivity index (χ1) is 14.0. The Morgan fingerprint density at radius 1 is 1.28 bits per heavy atom. The predicted octanol–water partition coefficient (Wildman–Crippen LogP) is 3.15. The molecule has 1 unspecified atom stereocenters. The summed E-state index contributed by atoms with van der Waals surface area (Å²) >= 11 is 0. The van der Waals surface area contributed by atoms with Crippen molar-refractivity contribution in [2.75, 3.05) is 7.05 Å². The normalized spacial score (nSPS) is 15.9. The van der Waals surface area contributed by atoms with Gasteiger partial charge in [0.05, 0.1) is 12.1 Å². The fourth-order valence-electron chi connectivity index (χ4n) is 3.98. The molecule has 29 heavy (non-hydrogen) atoms. The summed E-state index contributed by atoms with van der Waals surface area (Å²) in [5, 5.41) is 13.0. The van der Waals surface area contributed by atoms with Crippen LogP contribution in [-0.4, -0.2) is 42.4 Å². The second-order valence-corrected chi connectivity index (χ2v) is 7.50. The third-order valence-corrected chi connectivity index (χ3v) is 5.65. The molecule has 3 heterocycles. The third-order valence-electron chi connectivity index (χ3n) is 5.65. The number of aryl methyl sites for hydroxylation is 1. The van der Waals surface area contributed by atoms with Gasteiger partial charge in [-0.3, -0.25) is 9.48 Å². The number of halogens is 1. The lowest BCUT2D eigenvalue weighted by molar-refractivity contribution is -0.132. The van der Waals surface area contributed by atoms with Crippen molar-refractivity contribution in [1.29, 1.82) is 0 Å². The van der Waals surface area contributed by atoms with Crippen molar-refractivity contribution in [2.45, 2.75) is 52.2 Å². The first-order valence-corrected chi connectivity index (χ1v) is 9.95. The van der Waals surface area contributed by atoms with E-state index in [2.05, 4.69) is 15.3 Å². The smallest absolute Gasteiger partial charge is 0.233 e. The number of hydrogen-bond acceptors (Lipinski definition) is 4. The minimum atomic E-state index is -0.322. The maximum atomic E-state index is 13.3. The molecule has 7 nitrogen and oxygen atoms in total. The molecule has 8 heteroatoms. The number of carbonyl (C=O) groups is 1. The molecule has 0 radical (unpaired) electrons. The van der Waals surface area contributed by atoms with E-state index in [4.69, 9.17) is 0 Å². The molecular weight excluding hydrogens is 371 g/mol. The SMILES string of the molecule is CCn1ncc(CN(C)C(=O)C2CCCn3c(-c4ccc(F)cc4)nnc32)c1C. The van der Waals surface area contributed by atoms with Crippen molar-refractivity contribution >= 4 is 5.91 Å². The molecule has 0 saturated carbocycles. The van der Waals surface area contributed by atoms with Gasteiger partial charge in [0.25, 0.3) is 0 Å². The van der Waals surface area contributed by atoms with Gasteiger partial charge in [-0.15, -0.1) is 10.2 Å². The molecular formula is C21H25FN6O. The third kappa shape index (κ3) is 3.54. The van der Waals surface area contributed by atoms with Gasteiger partial charge in [0.15, 0.2) is 5.82 Å². The Balaban J connectivity index is 1.56. The van der Waals surface area contributed by atoms with E-state index in [-0.39, 0.29) is 17.6 Å². The summed E-state index contributed by atoms with van der Waals surface area (Å²) in [7, 11) is 1.82. The minimum absolute atomic E-state index is 0.0349. The molecule has 2 aromatic heterocycles. The highest BCUT2D eigenvalue weighted by atomic mass is 19.1. The lowest BCUT2D eigenvalue weighted by Gasteiger charge is -2.27. The molecule has 1 aliphatic rings. The van der Waals surface area contributed by atoms with Crippen molar-refractivity contribution in [1.82, 2.24) is 29.4 Å². The van der Waals surface area contributed by atoms with Crippen LogP contribution in [0.3, 0.4) is 0 Å². The number of amides is 1. The molecule has 0 bridgehead atoms. The Bertz CT molecular complexity index is 1020. The summed E-state index contributed by atoms with van der Waals surface area (Å²) in [6, 6.07) is 6.21. The zero-order chi connectivity index (χ0) is 20.5. The van der Waals surface area contributed by atoms with Gasteiger partial charge in [-0.25, -0.2) is 4.39 Å². The first kappa shape index (κ1) is 19.3. The maximum Gasteiger partial charge on any atom is 0.233 e. The van der Waals surface area contributed by atoms with Gasteiger partial charge in [0.2, 0.25) is 5.91 Å². The minimum Gasteiger partial charge on any atom is -0.341 e. The molecule has 0 fully saturated rings. The van der Waals surface area contributed by atoms with Gasteiger partial charge in [0.1, 0.15) is 11.6 Å². The number of rotatable bonds is 5. The number of nitrogens with zero attached hydrogens (tertiary/aromatic N) is 6. The first-order valence-electron chi connectivity index (χ1n) is 9.95. The molecule has 0 aliphatic carbocycles. The zero-order valence-corrected chi connectivity index (χ0v) is 17.0. The van der Waals surface area contributed by atoms with E-state index in [1.165, 1.54) is 12.1 Å². The summed E-state index contributed by atoms with van der Waals surface area (Å²) in [5.41, 5.74) is 2.93. The molecule has 3 aromatic rings. The second kappa shape index (κ2) is 7.77. The van der Waals surface area contributed by atoms with Gasteiger partial charge < -0.3 is 9.47 Å². The summed E-state index contributed by atoms with van der Waals surface area (Å²) < 4.78 is 17.2. The molecule has 4 rings (SSSR count). The maximum absolute atomic E-state index is 13.3. The van der Waals surface area contributed by atoms with Gasteiger partial charge in [-0.2, -0.15) is 5.10 Å². The van der Waals surface area contributed by atoms with E-state index in [1.54, 1.807) is 17.0 Å². The van der Waals surface area contributed by atoms with Gasteiger partial charge >= 0.3 is 0 Å². The Kier molecular flexibility index (Phi) is 5.17. The summed E-state index contributed by atoms with van der Waals surface area (Å²) in [6.45, 7) is 6.15. The monoisotopic (exact) mass is 396 g/mol. The van der Waals surface area contributed by atoms with Crippen LogP contribution in [0.4, 0.5) is 4.39 Å². The Labute approximate surface area is 169 Å². The number of benzene rings is 1. The van der Waals surface area contributed by atoms with Gasteiger partial charge in [0, 0.05) is 43.5 Å². The van der Waals surface area contributed by atoms with Crippen LogP contribution in [0, 0.1) is 12.7 Å². The number of aromatic nitrogens is 5. The van der Waals surface area contributed by atoms with Crippen molar-refractivity contribution in [2.24, 2.45) is 0 Å². The number of hydrogen-bond donors (Lipinski definition) is 0. The number of fused-ring (bicyclic) bond motifs is 1. The lowest BCUT2D eigenvalue weighted by Crippen LogP contribution is -2.34. The standard InChI is InChI=1S/C21H25FN6O/c1-4-28-14(2)16(12-23-28)13-26(3)21(29)18-6-5-11-27-19(24-25-20(18)27)15-7-9-17(22)10-8-15/h7-10,12,18H,4-6,11,13H2,1-3H3. The van der Waals surface area contributed by atoms with E-state index in [9.17, 15) is 9.18 Å². The van der Waals surface area contributed by atoms with Crippen LogP contribution in [-0.2, 0) is 24.4 Å². The molecule has 152 valence electrons. The fourth-order valence-corrected chi connectivity index (χ4v) is 3.98. The van der Waals surface area contributed by atoms with Crippen molar-refractivity contribution in [3.05, 3.63) is 53.4 Å². The molecule has 1 aliphatic heterocycles. The lowest BCUT2D eigenvalue weighted by atomic mass is 9.97. The summed E-state index contributed by atoms with van der Waals surface area (Å²) in [5.74, 6) is 0.793. The second-order valence-electron chi connectivity index (χ2n) is 7.50. The average Bonchev–Trinajstić information content (AvgIpc) is 3.31. The van der Waals surface area contributed by atoms with Gasteiger partial charge in [-0.1, -0.05) is 0 Å². The van der Waals surface area contributed by atoms with Gasteiger partial charge in [-0.05, 0) is 51.0 Å². The molecule has 0 spiro atoms. The van der Waals surface area contributed by atoms with E-state index in [0.29, 0.717) is 18.2 Å². The molecule has 1 atom stereocenters. The van der Waals surface area contributed by atoms with Crippen molar-refractivity contribution in [3.63, 3.8) is 0 Å². The largest absolute Gasteiger partial charge is 0.341 e. The number of likely N-dealkylation sites (N-methyl/N-ethyl adjacent to an activating group) is 1. The van der Waals surface area contributed by atoms with Crippen LogP contribution in [0.15, 0.2) is 30.5 Å².